The van der Waals surface area contributed by atoms with Gasteiger partial charge in [-0.2, -0.15) is 0 Å². The SMILES string of the molecule is O[O][Co].[Ir]. The first kappa shape index (κ1) is 8.91. The number of hydrogen-bond donors (Lipinski definition) is 1. The zero-order valence-electron chi connectivity index (χ0n) is 1.52. The molecule has 4 heteroatoms. The minimum atomic E-state index is 0. The molecule has 0 amide bonds. The van der Waals surface area contributed by atoms with Gasteiger partial charge >= 0.3 is 25.3 Å². The van der Waals surface area contributed by atoms with Crippen LogP contribution in [0, 0.1) is 0 Å². The largest absolute Gasteiger partial charge is 0 e. The number of hydrogen-bond acceptors (Lipinski definition) is 2. The fourth-order valence-corrected chi connectivity index (χ4v) is 0. The molecule has 0 aliphatic rings. The predicted molar refractivity (Wildman–Crippen MR) is 3.71 cm³/mol. The van der Waals surface area contributed by atoms with E-state index in [0.717, 1.165) is 0 Å². The van der Waals surface area contributed by atoms with Crippen LogP contribution < -0.4 is 0 Å². The molecule has 0 atom stereocenters. The fraction of sp³-hybridized carbons (Fsp3) is 0. The van der Waals surface area contributed by atoms with Crippen LogP contribution >= 0.6 is 0 Å². The van der Waals surface area contributed by atoms with Gasteiger partial charge in [0, 0.05) is 20.1 Å². The number of rotatable bonds is 0. The van der Waals surface area contributed by atoms with Crippen LogP contribution in [0.2, 0.25) is 0 Å². The first-order valence-electron chi connectivity index (χ1n) is 0.319. The van der Waals surface area contributed by atoms with Crippen LogP contribution in [0.3, 0.4) is 0 Å². The topological polar surface area (TPSA) is 29.5 Å². The predicted octanol–water partition coefficient (Wildman–Crippen LogP) is -0.0647. The standard InChI is InChI=1S/Co.Ir.H2O2/c;;1-2/h;;1-2H/q+1;;/p-1. The van der Waals surface area contributed by atoms with Crippen LogP contribution in [0.5, 0.6) is 0 Å². The molecule has 1 radical (unpaired) electrons. The Morgan fingerprint density at radius 1 is 1.75 bits per heavy atom. The third-order valence-corrected chi connectivity index (χ3v) is 0. The molecule has 0 aromatic carbocycles. The Balaban J connectivity index is 0. The molecule has 0 fully saturated rings. The van der Waals surface area contributed by atoms with E-state index in [1.54, 1.807) is 0 Å². The molecule has 0 saturated carbocycles. The Kier molecular flexibility index (Phi) is 19.9. The van der Waals surface area contributed by atoms with Crippen molar-refractivity contribution in [1.82, 2.24) is 0 Å². The van der Waals surface area contributed by atoms with E-state index >= 15 is 0 Å². The van der Waals surface area contributed by atoms with Crippen molar-refractivity contribution in [3.8, 4) is 0 Å². The maximum Gasteiger partial charge on any atom is 0 e. The smallest absolute Gasteiger partial charge is 0 e. The molecule has 0 spiro atoms. The van der Waals surface area contributed by atoms with Gasteiger partial charge in [-0.05, 0) is 0 Å². The molecule has 0 rings (SSSR count). The van der Waals surface area contributed by atoms with E-state index in [2.05, 4.69) is 20.1 Å². The van der Waals surface area contributed by atoms with Crippen LogP contribution in [-0.4, -0.2) is 5.26 Å². The third kappa shape index (κ3) is 11.5. The zero-order valence-corrected chi connectivity index (χ0v) is 4.96. The van der Waals surface area contributed by atoms with E-state index in [0.29, 0.717) is 0 Å². The molecule has 0 aliphatic carbocycles. The Morgan fingerprint density at radius 2 is 1.75 bits per heavy atom. The molecular formula is HCoIrO2. The van der Waals surface area contributed by atoms with Gasteiger partial charge in [-0.1, -0.05) is 0 Å². The molecule has 0 heterocycles. The van der Waals surface area contributed by atoms with Gasteiger partial charge in [-0.25, -0.2) is 0 Å². The molecule has 2 nitrogen and oxygen atoms in total. The summed E-state index contributed by atoms with van der Waals surface area (Å²) < 4.78 is 2.94. The summed E-state index contributed by atoms with van der Waals surface area (Å²) in [5.74, 6) is 0. The van der Waals surface area contributed by atoms with Gasteiger partial charge in [-0.3, -0.25) is 0 Å². The zero-order chi connectivity index (χ0) is 2.71. The summed E-state index contributed by atoms with van der Waals surface area (Å²) in [5.41, 5.74) is 0. The molecule has 0 aromatic heterocycles. The minimum Gasteiger partial charge on any atom is 0 e. The van der Waals surface area contributed by atoms with Gasteiger partial charge in [0.05, 0.1) is 0 Å². The average molecular weight is 284 g/mol. The van der Waals surface area contributed by atoms with Crippen molar-refractivity contribution in [2.24, 2.45) is 0 Å². The van der Waals surface area contributed by atoms with Crippen molar-refractivity contribution in [2.75, 3.05) is 0 Å². The van der Waals surface area contributed by atoms with Crippen molar-refractivity contribution in [1.29, 1.82) is 0 Å². The van der Waals surface area contributed by atoms with E-state index in [4.69, 9.17) is 5.26 Å². The second-order valence-electron chi connectivity index (χ2n) is 0.0609. The summed E-state index contributed by atoms with van der Waals surface area (Å²) in [6, 6.07) is 0. The van der Waals surface area contributed by atoms with Gasteiger partial charge in [0.25, 0.3) is 0 Å². The van der Waals surface area contributed by atoms with Crippen LogP contribution in [0.25, 0.3) is 0 Å². The monoisotopic (exact) mass is 285 g/mol. The minimum absolute atomic E-state index is 0. The summed E-state index contributed by atoms with van der Waals surface area (Å²) in [7, 11) is 0. The Hall–Kier alpha value is 1.08. The van der Waals surface area contributed by atoms with E-state index in [1.807, 2.05) is 0 Å². The van der Waals surface area contributed by atoms with Crippen molar-refractivity contribution < 1.29 is 45.4 Å². The van der Waals surface area contributed by atoms with E-state index in [-0.39, 0.29) is 20.1 Å². The van der Waals surface area contributed by atoms with Gasteiger partial charge in [-0.15, -0.1) is 0 Å². The van der Waals surface area contributed by atoms with E-state index < -0.39 is 0 Å². The van der Waals surface area contributed by atoms with E-state index in [9.17, 15) is 0 Å². The summed E-state index contributed by atoms with van der Waals surface area (Å²) in [4.78, 5) is 0. The summed E-state index contributed by atoms with van der Waals surface area (Å²) in [5, 5.41) is 6.93. The first-order chi connectivity index (χ1) is 1.41. The summed E-state index contributed by atoms with van der Waals surface area (Å²) in [6.45, 7) is 0. The van der Waals surface area contributed by atoms with Crippen LogP contribution in [-0.2, 0) is 40.2 Å². The molecule has 4 heavy (non-hydrogen) atoms. The summed E-state index contributed by atoms with van der Waals surface area (Å²) >= 11 is 2.88. The van der Waals surface area contributed by atoms with Crippen LogP contribution in [0.15, 0.2) is 0 Å². The molecule has 0 unspecified atom stereocenters. The Morgan fingerprint density at radius 3 is 1.75 bits per heavy atom. The van der Waals surface area contributed by atoms with Gasteiger partial charge in [0.15, 0.2) is 0 Å². The summed E-state index contributed by atoms with van der Waals surface area (Å²) in [6.07, 6.45) is 0. The quantitative estimate of drug-likeness (QED) is 0.499. The molecule has 0 bridgehead atoms. The van der Waals surface area contributed by atoms with Crippen molar-refractivity contribution in [2.45, 2.75) is 0 Å². The average Bonchev–Trinajstić information content (AvgIpc) is 0.918. The van der Waals surface area contributed by atoms with Crippen molar-refractivity contribution in [3.05, 3.63) is 0 Å². The Labute approximate surface area is 45.7 Å². The second kappa shape index (κ2) is 8.95. The van der Waals surface area contributed by atoms with Gasteiger partial charge < -0.3 is 0 Å². The maximum absolute atomic E-state index is 6.93. The normalized spacial score (nSPS) is 4.75. The Bertz CT molecular complexity index is 6.00. The van der Waals surface area contributed by atoms with E-state index in [1.165, 1.54) is 0 Å². The third-order valence-electron chi connectivity index (χ3n) is 0. The molecule has 31 valence electrons. The molecular weight excluding hydrogens is 283 g/mol. The van der Waals surface area contributed by atoms with Crippen LogP contribution in [0.4, 0.5) is 0 Å². The molecule has 1 N–H and O–H groups in total. The molecule has 0 aromatic rings. The maximum atomic E-state index is 6.93. The fourth-order valence-electron chi connectivity index (χ4n) is 0. The first-order valence-corrected chi connectivity index (χ1v) is 0.744. The van der Waals surface area contributed by atoms with Crippen LogP contribution in [0.1, 0.15) is 0 Å². The van der Waals surface area contributed by atoms with Crippen molar-refractivity contribution in [3.63, 3.8) is 0 Å². The van der Waals surface area contributed by atoms with Gasteiger partial charge in [0.1, 0.15) is 0 Å². The van der Waals surface area contributed by atoms with Gasteiger partial charge in [0.2, 0.25) is 0 Å². The van der Waals surface area contributed by atoms with Crippen molar-refractivity contribution >= 4 is 0 Å². The molecule has 0 saturated heterocycles. The molecule has 0 aliphatic heterocycles. The second-order valence-corrected chi connectivity index (χ2v) is 0.251.